The topological polar surface area (TPSA) is 29.1 Å². The lowest BCUT2D eigenvalue weighted by Crippen LogP contribution is -2.29. The van der Waals surface area contributed by atoms with Crippen LogP contribution in [0.2, 0.25) is 0 Å². The number of hydrogen-bond donors (Lipinski definition) is 1. The molecule has 3 heteroatoms. The number of carbonyl (C=O) groups excluding carboxylic acids is 1. The van der Waals surface area contributed by atoms with E-state index in [1.807, 2.05) is 6.92 Å². The van der Waals surface area contributed by atoms with Gasteiger partial charge in [-0.05, 0) is 12.3 Å². The van der Waals surface area contributed by atoms with Gasteiger partial charge < -0.3 is 5.32 Å². The average molecular weight is 220 g/mol. The first-order valence-electron chi connectivity index (χ1n) is 4.03. The highest BCUT2D eigenvalue weighted by Crippen LogP contribution is 2.37. The van der Waals surface area contributed by atoms with Crippen LogP contribution >= 0.6 is 15.9 Å². The summed E-state index contributed by atoms with van der Waals surface area (Å²) < 4.78 is 0. The van der Waals surface area contributed by atoms with Crippen molar-refractivity contribution in [2.75, 3.05) is 6.54 Å². The van der Waals surface area contributed by atoms with Crippen molar-refractivity contribution in [2.24, 2.45) is 11.8 Å². The van der Waals surface area contributed by atoms with Gasteiger partial charge in [0.2, 0.25) is 5.91 Å². The Balaban J connectivity index is 2.12. The highest BCUT2D eigenvalue weighted by Gasteiger charge is 2.38. The third kappa shape index (κ3) is 2.81. The van der Waals surface area contributed by atoms with E-state index in [9.17, 15) is 4.79 Å². The van der Waals surface area contributed by atoms with Gasteiger partial charge in [0.15, 0.2) is 0 Å². The van der Waals surface area contributed by atoms with Crippen LogP contribution in [0.4, 0.5) is 0 Å². The van der Waals surface area contributed by atoms with Gasteiger partial charge in [-0.15, -0.1) is 0 Å². The molecule has 2 nitrogen and oxygen atoms in total. The molecule has 0 radical (unpaired) electrons. The summed E-state index contributed by atoms with van der Waals surface area (Å²) in [6.45, 7) is 4.88. The average Bonchev–Trinajstić information content (AvgIpc) is 2.61. The van der Waals surface area contributed by atoms with E-state index < -0.39 is 0 Å². The van der Waals surface area contributed by atoms with Gasteiger partial charge in [0, 0.05) is 17.3 Å². The van der Waals surface area contributed by atoms with Gasteiger partial charge in [0.25, 0.3) is 0 Å². The zero-order chi connectivity index (χ0) is 8.43. The van der Waals surface area contributed by atoms with Gasteiger partial charge in [-0.25, -0.2) is 0 Å². The molecular formula is C8H14BrNO. The molecule has 1 amide bonds. The van der Waals surface area contributed by atoms with Crippen molar-refractivity contribution in [3.63, 3.8) is 0 Å². The molecule has 0 saturated heterocycles. The van der Waals surface area contributed by atoms with Crippen LogP contribution in [0.3, 0.4) is 0 Å². The lowest BCUT2D eigenvalue weighted by Gasteiger charge is -2.04. The van der Waals surface area contributed by atoms with E-state index in [-0.39, 0.29) is 5.91 Å². The van der Waals surface area contributed by atoms with Crippen molar-refractivity contribution in [3.8, 4) is 0 Å². The summed E-state index contributed by atoms with van der Waals surface area (Å²) in [7, 11) is 0. The maximum Gasteiger partial charge on any atom is 0.223 e. The fraction of sp³-hybridized carbons (Fsp3) is 0.875. The molecule has 3 atom stereocenters. The predicted molar refractivity (Wildman–Crippen MR) is 48.7 cm³/mol. The Kier molecular flexibility index (Phi) is 2.93. The minimum atomic E-state index is 0.226. The molecule has 1 aliphatic rings. The molecule has 0 aromatic heterocycles. The molecule has 1 fully saturated rings. The second kappa shape index (κ2) is 3.57. The number of carbonyl (C=O) groups is 1. The molecule has 1 rings (SSSR count). The normalized spacial score (nSPS) is 31.2. The van der Waals surface area contributed by atoms with Crippen LogP contribution in [0.5, 0.6) is 0 Å². The van der Waals surface area contributed by atoms with Crippen LogP contribution in [-0.2, 0) is 4.79 Å². The smallest absolute Gasteiger partial charge is 0.223 e. The largest absolute Gasteiger partial charge is 0.355 e. The minimum Gasteiger partial charge on any atom is -0.355 e. The molecule has 0 aromatic carbocycles. The van der Waals surface area contributed by atoms with Crippen molar-refractivity contribution in [1.82, 2.24) is 5.32 Å². The SMILES string of the molecule is CC(Br)CNC(=O)C1CC1C. The van der Waals surface area contributed by atoms with Crippen molar-refractivity contribution >= 4 is 21.8 Å². The van der Waals surface area contributed by atoms with Gasteiger partial charge in [0.1, 0.15) is 0 Å². The molecule has 1 aliphatic carbocycles. The zero-order valence-electron chi connectivity index (χ0n) is 6.93. The second-order valence-corrected chi connectivity index (χ2v) is 4.91. The molecular weight excluding hydrogens is 206 g/mol. The Bertz CT molecular complexity index is 158. The first-order chi connectivity index (χ1) is 5.11. The standard InChI is InChI=1S/C8H14BrNO/c1-5-3-7(5)8(11)10-4-6(2)9/h5-7H,3-4H2,1-2H3,(H,10,11). The maximum absolute atomic E-state index is 11.2. The first-order valence-corrected chi connectivity index (χ1v) is 4.94. The van der Waals surface area contributed by atoms with E-state index in [1.165, 1.54) is 0 Å². The molecule has 64 valence electrons. The second-order valence-electron chi connectivity index (χ2n) is 3.35. The van der Waals surface area contributed by atoms with Gasteiger partial charge in [-0.3, -0.25) is 4.79 Å². The lowest BCUT2D eigenvalue weighted by molar-refractivity contribution is -0.122. The molecule has 0 heterocycles. The summed E-state index contributed by atoms with van der Waals surface area (Å²) in [5.41, 5.74) is 0. The number of halogens is 1. The number of alkyl halides is 1. The number of amides is 1. The van der Waals surface area contributed by atoms with Crippen LogP contribution < -0.4 is 5.32 Å². The van der Waals surface area contributed by atoms with Crippen molar-refractivity contribution < 1.29 is 4.79 Å². The maximum atomic E-state index is 11.2. The first kappa shape index (κ1) is 9.04. The van der Waals surface area contributed by atoms with Gasteiger partial charge in [0.05, 0.1) is 0 Å². The number of hydrogen-bond acceptors (Lipinski definition) is 1. The summed E-state index contributed by atoms with van der Waals surface area (Å²) in [6.07, 6.45) is 1.07. The van der Waals surface area contributed by atoms with Crippen molar-refractivity contribution in [2.45, 2.75) is 25.1 Å². The number of rotatable bonds is 3. The zero-order valence-corrected chi connectivity index (χ0v) is 8.52. The third-order valence-electron chi connectivity index (χ3n) is 2.00. The van der Waals surface area contributed by atoms with Crippen molar-refractivity contribution in [1.29, 1.82) is 0 Å². The van der Waals surface area contributed by atoms with Gasteiger partial charge >= 0.3 is 0 Å². The highest BCUT2D eigenvalue weighted by atomic mass is 79.9. The Morgan fingerprint density at radius 1 is 1.82 bits per heavy atom. The summed E-state index contributed by atoms with van der Waals surface area (Å²) in [6, 6.07) is 0. The van der Waals surface area contributed by atoms with Crippen molar-refractivity contribution in [3.05, 3.63) is 0 Å². The predicted octanol–water partition coefficient (Wildman–Crippen LogP) is 1.54. The fourth-order valence-corrected chi connectivity index (χ4v) is 1.22. The van der Waals surface area contributed by atoms with E-state index in [4.69, 9.17) is 0 Å². The summed E-state index contributed by atoms with van der Waals surface area (Å²) in [5, 5.41) is 2.89. The van der Waals surface area contributed by atoms with Crippen LogP contribution in [0.25, 0.3) is 0 Å². The van der Waals surface area contributed by atoms with Crippen LogP contribution in [0, 0.1) is 11.8 Å². The lowest BCUT2D eigenvalue weighted by atomic mass is 10.3. The Hall–Kier alpha value is -0.0500. The Labute approximate surface area is 75.9 Å². The van der Waals surface area contributed by atoms with E-state index >= 15 is 0 Å². The van der Waals surface area contributed by atoms with E-state index in [0.29, 0.717) is 16.7 Å². The van der Waals surface area contributed by atoms with Crippen LogP contribution in [0.1, 0.15) is 20.3 Å². The molecule has 0 aliphatic heterocycles. The summed E-state index contributed by atoms with van der Waals surface area (Å²) >= 11 is 3.37. The van der Waals surface area contributed by atoms with E-state index in [1.54, 1.807) is 0 Å². The van der Waals surface area contributed by atoms with E-state index in [0.717, 1.165) is 13.0 Å². The molecule has 0 aromatic rings. The minimum absolute atomic E-state index is 0.226. The molecule has 1 N–H and O–H groups in total. The van der Waals surface area contributed by atoms with Crippen LogP contribution in [0.15, 0.2) is 0 Å². The molecule has 0 spiro atoms. The molecule has 0 bridgehead atoms. The molecule has 1 saturated carbocycles. The summed E-state index contributed by atoms with van der Waals surface area (Å²) in [4.78, 5) is 11.6. The van der Waals surface area contributed by atoms with Gasteiger partial charge in [-0.1, -0.05) is 29.8 Å². The molecule has 11 heavy (non-hydrogen) atoms. The quantitative estimate of drug-likeness (QED) is 0.718. The van der Waals surface area contributed by atoms with Crippen LogP contribution in [-0.4, -0.2) is 17.3 Å². The highest BCUT2D eigenvalue weighted by molar-refractivity contribution is 9.09. The number of nitrogens with one attached hydrogen (secondary N) is 1. The summed E-state index contributed by atoms with van der Waals surface area (Å²) in [5.74, 6) is 1.14. The fourth-order valence-electron chi connectivity index (χ4n) is 1.06. The molecule has 3 unspecified atom stereocenters. The Morgan fingerprint density at radius 2 is 2.36 bits per heavy atom. The van der Waals surface area contributed by atoms with E-state index in [2.05, 4.69) is 28.2 Å². The third-order valence-corrected chi connectivity index (χ3v) is 2.33. The van der Waals surface area contributed by atoms with Gasteiger partial charge in [-0.2, -0.15) is 0 Å². The Morgan fingerprint density at radius 3 is 2.73 bits per heavy atom. The monoisotopic (exact) mass is 219 g/mol.